The van der Waals surface area contributed by atoms with Gasteiger partial charge in [0.05, 0.1) is 6.20 Å². The van der Waals surface area contributed by atoms with Crippen LogP contribution in [0.15, 0.2) is 12.4 Å². The molecule has 1 saturated heterocycles. The maximum atomic E-state index is 12.0. The summed E-state index contributed by atoms with van der Waals surface area (Å²) in [4.78, 5) is 14.1. The predicted octanol–water partition coefficient (Wildman–Crippen LogP) is 2.45. The standard InChI is InChI=1S/C15H26N4O.2ClH/c1-3-19-12-14(11-17-19)13-6-9-18(10-7-13)15(20)5-4-8-16-2;;/h11-13,16H,3-10H2,1-2H3;2*1H. The van der Waals surface area contributed by atoms with Crippen molar-refractivity contribution < 1.29 is 4.79 Å². The van der Waals surface area contributed by atoms with Crippen LogP contribution >= 0.6 is 24.8 Å². The van der Waals surface area contributed by atoms with Crippen molar-refractivity contribution in [2.45, 2.75) is 45.1 Å². The van der Waals surface area contributed by atoms with Crippen LogP contribution in [0.25, 0.3) is 0 Å². The first-order valence-corrected chi connectivity index (χ1v) is 7.69. The van der Waals surface area contributed by atoms with E-state index in [4.69, 9.17) is 0 Å². The van der Waals surface area contributed by atoms with Crippen molar-refractivity contribution in [3.63, 3.8) is 0 Å². The van der Waals surface area contributed by atoms with Crippen LogP contribution in [0.4, 0.5) is 0 Å². The number of rotatable bonds is 6. The summed E-state index contributed by atoms with van der Waals surface area (Å²) in [6.07, 6.45) is 7.85. The SMILES string of the molecule is CCn1cc(C2CCN(C(=O)CCCNC)CC2)cn1.Cl.Cl. The topological polar surface area (TPSA) is 50.2 Å². The quantitative estimate of drug-likeness (QED) is 0.801. The number of halogens is 2. The molecule has 2 heterocycles. The van der Waals surface area contributed by atoms with E-state index in [1.807, 2.05) is 22.8 Å². The molecule has 2 rings (SSSR count). The number of likely N-dealkylation sites (tertiary alicyclic amines) is 1. The van der Waals surface area contributed by atoms with E-state index < -0.39 is 0 Å². The highest BCUT2D eigenvalue weighted by Gasteiger charge is 2.24. The lowest BCUT2D eigenvalue weighted by molar-refractivity contribution is -0.132. The fraction of sp³-hybridized carbons (Fsp3) is 0.733. The van der Waals surface area contributed by atoms with Crippen LogP contribution in [-0.2, 0) is 11.3 Å². The number of hydrogen-bond donors (Lipinski definition) is 1. The molecule has 128 valence electrons. The Labute approximate surface area is 145 Å². The maximum absolute atomic E-state index is 12.0. The molecule has 1 amide bonds. The number of carbonyl (C=O) groups is 1. The summed E-state index contributed by atoms with van der Waals surface area (Å²) in [5.41, 5.74) is 1.33. The van der Waals surface area contributed by atoms with Gasteiger partial charge in [0.1, 0.15) is 0 Å². The molecule has 0 aromatic carbocycles. The van der Waals surface area contributed by atoms with E-state index in [9.17, 15) is 4.79 Å². The summed E-state index contributed by atoms with van der Waals surface area (Å²) in [6.45, 7) is 5.71. The molecule has 0 spiro atoms. The number of aryl methyl sites for hydroxylation is 1. The second kappa shape index (κ2) is 10.9. The fourth-order valence-corrected chi connectivity index (χ4v) is 2.80. The van der Waals surface area contributed by atoms with Crippen LogP contribution in [0.2, 0.25) is 0 Å². The van der Waals surface area contributed by atoms with Gasteiger partial charge >= 0.3 is 0 Å². The first-order valence-electron chi connectivity index (χ1n) is 7.69. The van der Waals surface area contributed by atoms with Gasteiger partial charge in [0.2, 0.25) is 5.91 Å². The van der Waals surface area contributed by atoms with Gasteiger partial charge in [0, 0.05) is 32.3 Å². The molecule has 5 nitrogen and oxygen atoms in total. The second-order valence-corrected chi connectivity index (χ2v) is 5.49. The predicted molar refractivity (Wildman–Crippen MR) is 94.1 cm³/mol. The molecule has 7 heteroatoms. The van der Waals surface area contributed by atoms with Crippen molar-refractivity contribution in [2.24, 2.45) is 0 Å². The van der Waals surface area contributed by atoms with Crippen LogP contribution in [0.1, 0.15) is 44.1 Å². The maximum Gasteiger partial charge on any atom is 0.222 e. The van der Waals surface area contributed by atoms with Crippen LogP contribution in [0.3, 0.4) is 0 Å². The highest BCUT2D eigenvalue weighted by atomic mass is 35.5. The number of aromatic nitrogens is 2. The summed E-state index contributed by atoms with van der Waals surface area (Å²) < 4.78 is 1.98. The normalized spacial score (nSPS) is 15.1. The summed E-state index contributed by atoms with van der Waals surface area (Å²) in [5, 5.41) is 7.43. The lowest BCUT2D eigenvalue weighted by Crippen LogP contribution is -2.38. The van der Waals surface area contributed by atoms with E-state index in [0.29, 0.717) is 18.2 Å². The van der Waals surface area contributed by atoms with Gasteiger partial charge in [0.15, 0.2) is 0 Å². The Morgan fingerprint density at radius 3 is 2.59 bits per heavy atom. The third-order valence-corrected chi connectivity index (χ3v) is 4.11. The molecule has 0 bridgehead atoms. The molecular formula is C15H28Cl2N4O. The van der Waals surface area contributed by atoms with Crippen molar-refractivity contribution in [1.82, 2.24) is 20.0 Å². The Morgan fingerprint density at radius 1 is 1.36 bits per heavy atom. The van der Waals surface area contributed by atoms with Gasteiger partial charge in [-0.1, -0.05) is 0 Å². The summed E-state index contributed by atoms with van der Waals surface area (Å²) >= 11 is 0. The number of nitrogens with zero attached hydrogens (tertiary/aromatic N) is 3. The van der Waals surface area contributed by atoms with Gasteiger partial charge in [-0.15, -0.1) is 24.8 Å². The molecule has 0 radical (unpaired) electrons. The van der Waals surface area contributed by atoms with E-state index in [1.54, 1.807) is 0 Å². The summed E-state index contributed by atoms with van der Waals surface area (Å²) in [6, 6.07) is 0. The average molecular weight is 351 g/mol. The fourth-order valence-electron chi connectivity index (χ4n) is 2.80. The zero-order chi connectivity index (χ0) is 14.4. The monoisotopic (exact) mass is 350 g/mol. The van der Waals surface area contributed by atoms with Crippen molar-refractivity contribution in [3.8, 4) is 0 Å². The minimum Gasteiger partial charge on any atom is -0.343 e. The molecule has 1 aromatic rings. The smallest absolute Gasteiger partial charge is 0.222 e. The van der Waals surface area contributed by atoms with Crippen LogP contribution in [0.5, 0.6) is 0 Å². The third-order valence-electron chi connectivity index (χ3n) is 4.11. The average Bonchev–Trinajstić information content (AvgIpc) is 2.96. The number of amides is 1. The highest BCUT2D eigenvalue weighted by Crippen LogP contribution is 2.27. The molecule has 1 fully saturated rings. The molecule has 0 saturated carbocycles. The Kier molecular flexibility index (Phi) is 10.5. The van der Waals surface area contributed by atoms with Gasteiger partial charge in [0.25, 0.3) is 0 Å². The van der Waals surface area contributed by atoms with Crippen LogP contribution < -0.4 is 5.32 Å². The Morgan fingerprint density at radius 2 is 2.05 bits per heavy atom. The van der Waals surface area contributed by atoms with E-state index in [1.165, 1.54) is 5.56 Å². The lowest BCUT2D eigenvalue weighted by atomic mass is 9.91. The summed E-state index contributed by atoms with van der Waals surface area (Å²) in [5.74, 6) is 0.875. The molecule has 22 heavy (non-hydrogen) atoms. The largest absolute Gasteiger partial charge is 0.343 e. The zero-order valence-corrected chi connectivity index (χ0v) is 15.1. The molecule has 1 aliphatic heterocycles. The summed E-state index contributed by atoms with van der Waals surface area (Å²) in [7, 11) is 1.92. The first kappa shape index (κ1) is 21.2. The second-order valence-electron chi connectivity index (χ2n) is 5.49. The van der Waals surface area contributed by atoms with E-state index >= 15 is 0 Å². The van der Waals surface area contributed by atoms with Gasteiger partial charge in [-0.05, 0) is 51.3 Å². The Bertz CT molecular complexity index is 431. The van der Waals surface area contributed by atoms with Gasteiger partial charge < -0.3 is 10.2 Å². The molecule has 0 aliphatic carbocycles. The highest BCUT2D eigenvalue weighted by molar-refractivity contribution is 5.85. The lowest BCUT2D eigenvalue weighted by Gasteiger charge is -2.31. The molecule has 0 atom stereocenters. The van der Waals surface area contributed by atoms with Crippen LogP contribution in [-0.4, -0.2) is 47.3 Å². The van der Waals surface area contributed by atoms with Crippen molar-refractivity contribution in [1.29, 1.82) is 0 Å². The number of carbonyl (C=O) groups excluding carboxylic acids is 1. The van der Waals surface area contributed by atoms with Crippen molar-refractivity contribution in [3.05, 3.63) is 18.0 Å². The Balaban J connectivity index is 0.00000220. The van der Waals surface area contributed by atoms with Gasteiger partial charge in [-0.25, -0.2) is 0 Å². The van der Waals surface area contributed by atoms with Gasteiger partial charge in [-0.3, -0.25) is 9.48 Å². The van der Waals surface area contributed by atoms with E-state index in [0.717, 1.165) is 45.4 Å². The van der Waals surface area contributed by atoms with E-state index in [2.05, 4.69) is 23.5 Å². The van der Waals surface area contributed by atoms with Crippen molar-refractivity contribution >= 4 is 30.7 Å². The number of nitrogens with one attached hydrogen (secondary N) is 1. The molecule has 1 aliphatic rings. The zero-order valence-electron chi connectivity index (χ0n) is 13.5. The molecule has 0 unspecified atom stereocenters. The minimum absolute atomic E-state index is 0. The molecule has 1 N–H and O–H groups in total. The third kappa shape index (κ3) is 5.78. The molecular weight excluding hydrogens is 323 g/mol. The van der Waals surface area contributed by atoms with Crippen LogP contribution in [0, 0.1) is 0 Å². The first-order chi connectivity index (χ1) is 9.74. The number of hydrogen-bond acceptors (Lipinski definition) is 3. The van der Waals surface area contributed by atoms with Gasteiger partial charge in [-0.2, -0.15) is 5.10 Å². The molecule has 1 aromatic heterocycles. The van der Waals surface area contributed by atoms with E-state index in [-0.39, 0.29) is 24.8 Å². The minimum atomic E-state index is 0. The Hall–Kier alpha value is -0.780. The number of piperidine rings is 1. The van der Waals surface area contributed by atoms with Crippen molar-refractivity contribution in [2.75, 3.05) is 26.7 Å².